The predicted molar refractivity (Wildman–Crippen MR) is 80.6 cm³/mol. The lowest BCUT2D eigenvalue weighted by atomic mass is 10.2. The lowest BCUT2D eigenvalue weighted by Crippen LogP contribution is -2.13. The number of fused-ring (bicyclic) bond motifs is 1. The number of anilines is 1. The standard InChI is InChI=1S/C15H17N3O3/c1-2-3-9-21-10-8-16-13-11-6-4-5-7-12(11)17-14(18-13)15(19)20/h2,4-7H,1,3,8-10H2,(H,19,20)(H,16,17,18). The summed E-state index contributed by atoms with van der Waals surface area (Å²) in [4.78, 5) is 19.1. The van der Waals surface area contributed by atoms with Crippen molar-refractivity contribution < 1.29 is 14.6 Å². The number of hydrogen-bond acceptors (Lipinski definition) is 5. The Hall–Kier alpha value is -2.47. The molecule has 110 valence electrons. The van der Waals surface area contributed by atoms with E-state index in [0.29, 0.717) is 31.1 Å². The highest BCUT2D eigenvalue weighted by atomic mass is 16.5. The minimum Gasteiger partial charge on any atom is -0.475 e. The van der Waals surface area contributed by atoms with Gasteiger partial charge in [-0.3, -0.25) is 0 Å². The molecule has 2 rings (SSSR count). The Morgan fingerprint density at radius 1 is 1.33 bits per heavy atom. The number of ether oxygens (including phenoxy) is 1. The first-order chi connectivity index (χ1) is 10.2. The third-order valence-electron chi connectivity index (χ3n) is 2.80. The lowest BCUT2D eigenvalue weighted by Gasteiger charge is -2.09. The number of aromatic carboxylic acids is 1. The van der Waals surface area contributed by atoms with Crippen molar-refractivity contribution in [2.24, 2.45) is 0 Å². The monoisotopic (exact) mass is 287 g/mol. The van der Waals surface area contributed by atoms with Gasteiger partial charge in [0.05, 0.1) is 18.7 Å². The van der Waals surface area contributed by atoms with Gasteiger partial charge in [-0.15, -0.1) is 6.58 Å². The Balaban J connectivity index is 2.10. The second-order valence-corrected chi connectivity index (χ2v) is 4.33. The summed E-state index contributed by atoms with van der Waals surface area (Å²) in [5.41, 5.74) is 0.597. The molecule has 1 aromatic heterocycles. The van der Waals surface area contributed by atoms with E-state index in [9.17, 15) is 4.79 Å². The maximum absolute atomic E-state index is 11.1. The first-order valence-electron chi connectivity index (χ1n) is 6.65. The zero-order valence-corrected chi connectivity index (χ0v) is 11.6. The summed E-state index contributed by atoms with van der Waals surface area (Å²) in [6.45, 7) is 5.29. The van der Waals surface area contributed by atoms with Crippen molar-refractivity contribution >= 4 is 22.7 Å². The molecule has 0 saturated heterocycles. The van der Waals surface area contributed by atoms with Crippen LogP contribution in [0, 0.1) is 0 Å². The van der Waals surface area contributed by atoms with Crippen LogP contribution in [0.1, 0.15) is 17.0 Å². The quantitative estimate of drug-likeness (QED) is 0.572. The van der Waals surface area contributed by atoms with Crippen LogP contribution in [0.5, 0.6) is 0 Å². The summed E-state index contributed by atoms with van der Waals surface area (Å²) in [6.07, 6.45) is 2.60. The van der Waals surface area contributed by atoms with Crippen LogP contribution in [0.2, 0.25) is 0 Å². The third kappa shape index (κ3) is 4.00. The van der Waals surface area contributed by atoms with E-state index in [4.69, 9.17) is 9.84 Å². The number of aromatic nitrogens is 2. The van der Waals surface area contributed by atoms with Crippen LogP contribution < -0.4 is 5.32 Å². The first-order valence-corrected chi connectivity index (χ1v) is 6.65. The molecule has 0 amide bonds. The van der Waals surface area contributed by atoms with E-state index in [1.165, 1.54) is 0 Å². The zero-order chi connectivity index (χ0) is 15.1. The number of nitrogens with zero attached hydrogens (tertiary/aromatic N) is 2. The SMILES string of the molecule is C=CCCOCCNc1nc(C(=O)O)nc2ccccc12. The van der Waals surface area contributed by atoms with Crippen molar-refractivity contribution in [2.75, 3.05) is 25.1 Å². The third-order valence-corrected chi connectivity index (χ3v) is 2.80. The molecule has 0 atom stereocenters. The lowest BCUT2D eigenvalue weighted by molar-refractivity contribution is 0.0684. The van der Waals surface area contributed by atoms with Gasteiger partial charge in [0.15, 0.2) is 0 Å². The van der Waals surface area contributed by atoms with Crippen molar-refractivity contribution in [3.05, 3.63) is 42.7 Å². The van der Waals surface area contributed by atoms with Crippen LogP contribution in [0.4, 0.5) is 5.82 Å². The molecule has 0 fully saturated rings. The summed E-state index contributed by atoms with van der Waals surface area (Å²) >= 11 is 0. The first kappa shape index (κ1) is 14.9. The Morgan fingerprint density at radius 2 is 2.14 bits per heavy atom. The van der Waals surface area contributed by atoms with E-state index >= 15 is 0 Å². The van der Waals surface area contributed by atoms with Crippen LogP contribution in [0.25, 0.3) is 10.9 Å². The van der Waals surface area contributed by atoms with E-state index in [1.54, 1.807) is 12.1 Å². The van der Waals surface area contributed by atoms with Crippen LogP contribution >= 0.6 is 0 Å². The number of rotatable bonds is 8. The fourth-order valence-electron chi connectivity index (χ4n) is 1.82. The number of para-hydroxylation sites is 1. The van der Waals surface area contributed by atoms with Gasteiger partial charge in [0.1, 0.15) is 5.82 Å². The molecule has 1 heterocycles. The Morgan fingerprint density at radius 3 is 2.90 bits per heavy atom. The van der Waals surface area contributed by atoms with E-state index in [2.05, 4.69) is 21.9 Å². The molecule has 1 aromatic carbocycles. The van der Waals surface area contributed by atoms with Crippen LogP contribution in [-0.2, 0) is 4.74 Å². The number of carbonyl (C=O) groups is 1. The number of hydrogen-bond donors (Lipinski definition) is 2. The normalized spacial score (nSPS) is 10.5. The molecule has 0 aliphatic rings. The van der Waals surface area contributed by atoms with E-state index < -0.39 is 5.97 Å². The van der Waals surface area contributed by atoms with Crippen molar-refractivity contribution in [1.29, 1.82) is 0 Å². The second-order valence-electron chi connectivity index (χ2n) is 4.33. The molecule has 0 saturated carbocycles. The molecule has 2 aromatic rings. The number of carboxylic acids is 1. The average Bonchev–Trinajstić information content (AvgIpc) is 2.50. The molecular weight excluding hydrogens is 270 g/mol. The zero-order valence-electron chi connectivity index (χ0n) is 11.6. The van der Waals surface area contributed by atoms with Gasteiger partial charge in [0.25, 0.3) is 0 Å². The molecule has 6 nitrogen and oxygen atoms in total. The van der Waals surface area contributed by atoms with Crippen molar-refractivity contribution in [3.8, 4) is 0 Å². The Bertz CT molecular complexity index is 643. The van der Waals surface area contributed by atoms with Gasteiger partial charge < -0.3 is 15.2 Å². The number of carboxylic acid groups (broad SMARTS) is 1. The minimum absolute atomic E-state index is 0.219. The van der Waals surface area contributed by atoms with Gasteiger partial charge in [-0.25, -0.2) is 14.8 Å². The molecule has 2 N–H and O–H groups in total. The highest BCUT2D eigenvalue weighted by Gasteiger charge is 2.12. The van der Waals surface area contributed by atoms with Gasteiger partial charge in [-0.2, -0.15) is 0 Å². The number of nitrogens with one attached hydrogen (secondary N) is 1. The highest BCUT2D eigenvalue weighted by molar-refractivity contribution is 5.93. The molecule has 0 aliphatic heterocycles. The largest absolute Gasteiger partial charge is 0.475 e. The van der Waals surface area contributed by atoms with Gasteiger partial charge >= 0.3 is 5.97 Å². The van der Waals surface area contributed by atoms with Crippen LogP contribution in [0.15, 0.2) is 36.9 Å². The van der Waals surface area contributed by atoms with Crippen LogP contribution in [0.3, 0.4) is 0 Å². The molecule has 0 spiro atoms. The number of benzene rings is 1. The second kappa shape index (κ2) is 7.35. The topological polar surface area (TPSA) is 84.3 Å². The van der Waals surface area contributed by atoms with E-state index in [-0.39, 0.29) is 5.82 Å². The molecule has 0 radical (unpaired) electrons. The molecule has 0 aliphatic carbocycles. The van der Waals surface area contributed by atoms with E-state index in [0.717, 1.165) is 11.8 Å². The Labute approximate surface area is 122 Å². The average molecular weight is 287 g/mol. The van der Waals surface area contributed by atoms with Crippen molar-refractivity contribution in [2.45, 2.75) is 6.42 Å². The summed E-state index contributed by atoms with van der Waals surface area (Å²) < 4.78 is 5.39. The van der Waals surface area contributed by atoms with Gasteiger partial charge in [0.2, 0.25) is 5.82 Å². The Kier molecular flexibility index (Phi) is 5.22. The summed E-state index contributed by atoms with van der Waals surface area (Å²) in [6, 6.07) is 7.28. The molecule has 21 heavy (non-hydrogen) atoms. The maximum Gasteiger partial charge on any atom is 0.374 e. The van der Waals surface area contributed by atoms with Gasteiger partial charge in [-0.05, 0) is 18.6 Å². The molecule has 6 heteroatoms. The van der Waals surface area contributed by atoms with Crippen molar-refractivity contribution in [3.63, 3.8) is 0 Å². The van der Waals surface area contributed by atoms with Gasteiger partial charge in [0, 0.05) is 11.9 Å². The summed E-state index contributed by atoms with van der Waals surface area (Å²) in [7, 11) is 0. The fourth-order valence-corrected chi connectivity index (χ4v) is 1.82. The van der Waals surface area contributed by atoms with Crippen molar-refractivity contribution in [1.82, 2.24) is 9.97 Å². The predicted octanol–water partition coefficient (Wildman–Crippen LogP) is 2.33. The molecule has 0 unspecified atom stereocenters. The van der Waals surface area contributed by atoms with Gasteiger partial charge in [-0.1, -0.05) is 18.2 Å². The molecular formula is C15H17N3O3. The molecule has 0 bridgehead atoms. The van der Waals surface area contributed by atoms with E-state index in [1.807, 2.05) is 18.2 Å². The smallest absolute Gasteiger partial charge is 0.374 e. The minimum atomic E-state index is -1.15. The van der Waals surface area contributed by atoms with Crippen LogP contribution in [-0.4, -0.2) is 40.8 Å². The summed E-state index contributed by atoms with van der Waals surface area (Å²) in [5.74, 6) is -0.861. The fraction of sp³-hybridized carbons (Fsp3) is 0.267. The summed E-state index contributed by atoms with van der Waals surface area (Å²) in [5, 5.41) is 12.9. The maximum atomic E-state index is 11.1. The highest BCUT2D eigenvalue weighted by Crippen LogP contribution is 2.19.